The number of para-hydroxylation sites is 2. The third-order valence-electron chi connectivity index (χ3n) is 11.5. The molecular formula is C42H46F2N12O8. The molecule has 4 aliphatic heterocycles. The zero-order chi connectivity index (χ0) is 44.9. The third-order valence-corrected chi connectivity index (χ3v) is 11.5. The number of hydrogen-bond donors (Lipinski definition) is 3. The molecule has 22 heteroatoms. The predicted octanol–water partition coefficient (Wildman–Crippen LogP) is 2.13. The fraction of sp³-hybridized carbons (Fsp3) is 0.452. The van der Waals surface area contributed by atoms with E-state index in [9.17, 15) is 42.3 Å². The first-order chi connectivity index (χ1) is 31.0. The van der Waals surface area contributed by atoms with Gasteiger partial charge in [-0.05, 0) is 43.5 Å². The number of ether oxygens (including phenoxy) is 1. The van der Waals surface area contributed by atoms with Crippen LogP contribution in [0.4, 0.5) is 26.4 Å². The lowest BCUT2D eigenvalue weighted by molar-refractivity contribution is -0.136. The molecular weight excluding hydrogens is 839 g/mol. The molecule has 4 aliphatic rings. The number of piperazine rings is 1. The summed E-state index contributed by atoms with van der Waals surface area (Å²) in [6, 6.07) is 10.1. The summed E-state index contributed by atoms with van der Waals surface area (Å²) in [6.07, 6.45) is -1.09. The number of imidazole rings is 1. The number of carbonyl (C=O) groups excluding carboxylic acids is 7. The van der Waals surface area contributed by atoms with E-state index in [4.69, 9.17) is 9.72 Å². The van der Waals surface area contributed by atoms with E-state index in [0.717, 1.165) is 4.90 Å². The van der Waals surface area contributed by atoms with Crippen molar-refractivity contribution in [1.82, 2.24) is 44.9 Å². The second kappa shape index (κ2) is 19.2. The number of hydrogen-bond acceptors (Lipinski definition) is 14. The number of nitrogens with one attached hydrogen (secondary N) is 3. The smallest absolute Gasteiger partial charge is 0.296 e. The second-order valence-electron chi connectivity index (χ2n) is 15.7. The first-order valence-corrected chi connectivity index (χ1v) is 21.3. The minimum Gasteiger partial charge on any atom is -0.378 e. The molecule has 0 spiro atoms. The van der Waals surface area contributed by atoms with Crippen molar-refractivity contribution in [2.45, 2.75) is 63.8 Å². The maximum atomic E-state index is 14.3. The van der Waals surface area contributed by atoms with Gasteiger partial charge in [0.2, 0.25) is 47.4 Å². The Morgan fingerprint density at radius 3 is 2.22 bits per heavy atom. The molecule has 0 radical (unpaired) electrons. The summed E-state index contributed by atoms with van der Waals surface area (Å²) in [7, 11) is 0. The maximum absolute atomic E-state index is 14.3. The quantitative estimate of drug-likeness (QED) is 0.115. The molecule has 3 N–H and O–H groups in total. The number of halogens is 2. The molecule has 8 rings (SSSR count). The Bertz CT molecular complexity index is 2490. The van der Waals surface area contributed by atoms with Crippen molar-refractivity contribution in [2.75, 3.05) is 74.1 Å². The number of anilines is 3. The number of rotatable bonds is 15. The number of imide groups is 2. The number of nitrogens with zero attached hydrogens (tertiary/aromatic N) is 9. The normalized spacial score (nSPS) is 17.9. The topological polar surface area (TPSA) is 234 Å². The van der Waals surface area contributed by atoms with Crippen molar-refractivity contribution < 1.29 is 47.1 Å². The van der Waals surface area contributed by atoms with Crippen molar-refractivity contribution in [3.63, 3.8) is 0 Å². The van der Waals surface area contributed by atoms with Crippen LogP contribution in [0.5, 0.6) is 0 Å². The molecule has 7 amide bonds. The molecule has 2 aromatic heterocycles. The highest BCUT2D eigenvalue weighted by Crippen LogP contribution is 2.33. The Morgan fingerprint density at radius 1 is 0.766 bits per heavy atom. The van der Waals surface area contributed by atoms with E-state index < -0.39 is 41.9 Å². The van der Waals surface area contributed by atoms with Crippen LogP contribution in [0, 0.1) is 0 Å². The molecule has 0 aliphatic carbocycles. The van der Waals surface area contributed by atoms with Crippen LogP contribution in [0.2, 0.25) is 0 Å². The monoisotopic (exact) mass is 884 g/mol. The van der Waals surface area contributed by atoms with Crippen LogP contribution in [0.3, 0.4) is 0 Å². The maximum Gasteiger partial charge on any atom is 0.296 e. The van der Waals surface area contributed by atoms with Gasteiger partial charge in [-0.25, -0.2) is 13.8 Å². The molecule has 0 saturated carbocycles. The SMILES string of the molecule is O=C(CCC(=O)N1CCN(c2nc(N3CCOCC3)nc(-n3c(C(F)F)nc4ccccc43)n2)CC1)NCCCCCC(=O)Nc1cccc2c1C(=O)N(C1CCC(=O)NC1=O)C2=O. The molecule has 4 aromatic rings. The van der Waals surface area contributed by atoms with Crippen LogP contribution in [0.15, 0.2) is 42.5 Å². The Hall–Kier alpha value is -6.97. The number of morpholine rings is 1. The summed E-state index contributed by atoms with van der Waals surface area (Å²) >= 11 is 0. The molecule has 1 unspecified atom stereocenters. The highest BCUT2D eigenvalue weighted by Gasteiger charge is 2.45. The Morgan fingerprint density at radius 2 is 1.48 bits per heavy atom. The van der Waals surface area contributed by atoms with Gasteiger partial charge in [-0.3, -0.25) is 48.3 Å². The van der Waals surface area contributed by atoms with Crippen LogP contribution in [-0.2, 0) is 28.7 Å². The predicted molar refractivity (Wildman–Crippen MR) is 224 cm³/mol. The van der Waals surface area contributed by atoms with Crippen LogP contribution < -0.4 is 25.8 Å². The number of piperidine rings is 1. The van der Waals surface area contributed by atoms with Crippen LogP contribution in [-0.4, -0.2) is 141 Å². The summed E-state index contributed by atoms with van der Waals surface area (Å²) < 4.78 is 35.3. The van der Waals surface area contributed by atoms with Crippen molar-refractivity contribution in [3.05, 3.63) is 59.4 Å². The summed E-state index contributed by atoms with van der Waals surface area (Å²) in [5, 5.41) is 7.67. The van der Waals surface area contributed by atoms with Gasteiger partial charge >= 0.3 is 0 Å². The average molecular weight is 885 g/mol. The van der Waals surface area contributed by atoms with Crippen molar-refractivity contribution in [2.24, 2.45) is 0 Å². The summed E-state index contributed by atoms with van der Waals surface area (Å²) in [5.74, 6) is -3.29. The van der Waals surface area contributed by atoms with Gasteiger partial charge in [0.15, 0.2) is 5.82 Å². The zero-order valence-electron chi connectivity index (χ0n) is 34.8. The number of fused-ring (bicyclic) bond motifs is 2. The van der Waals surface area contributed by atoms with E-state index in [-0.39, 0.29) is 78.5 Å². The zero-order valence-corrected chi connectivity index (χ0v) is 34.8. The molecule has 2 aromatic carbocycles. The van der Waals surface area contributed by atoms with Crippen LogP contribution in [0.25, 0.3) is 17.0 Å². The van der Waals surface area contributed by atoms with Gasteiger partial charge in [-0.15, -0.1) is 0 Å². The van der Waals surface area contributed by atoms with Gasteiger partial charge < -0.3 is 30.1 Å². The van der Waals surface area contributed by atoms with E-state index in [2.05, 4.69) is 30.9 Å². The molecule has 64 heavy (non-hydrogen) atoms. The minimum atomic E-state index is -2.89. The average Bonchev–Trinajstić information content (AvgIpc) is 3.82. The third kappa shape index (κ3) is 9.36. The first kappa shape index (κ1) is 43.7. The summed E-state index contributed by atoms with van der Waals surface area (Å²) in [5.41, 5.74) is 1.02. The molecule has 336 valence electrons. The molecule has 6 heterocycles. The fourth-order valence-electron chi connectivity index (χ4n) is 8.16. The molecule has 3 fully saturated rings. The molecule has 3 saturated heterocycles. The highest BCUT2D eigenvalue weighted by atomic mass is 19.3. The van der Waals surface area contributed by atoms with E-state index in [0.29, 0.717) is 95.3 Å². The van der Waals surface area contributed by atoms with E-state index in [1.165, 1.54) is 22.8 Å². The van der Waals surface area contributed by atoms with Crippen molar-refractivity contribution in [1.29, 1.82) is 0 Å². The summed E-state index contributed by atoms with van der Waals surface area (Å²) in [4.78, 5) is 113. The Labute approximate surface area is 364 Å². The number of unbranched alkanes of at least 4 members (excludes halogenated alkanes) is 2. The van der Waals surface area contributed by atoms with Gasteiger partial charge in [0.1, 0.15) is 6.04 Å². The number of alkyl halides is 2. The van der Waals surface area contributed by atoms with Gasteiger partial charge in [0.25, 0.3) is 18.2 Å². The molecule has 0 bridgehead atoms. The van der Waals surface area contributed by atoms with E-state index in [1.807, 2.05) is 9.80 Å². The van der Waals surface area contributed by atoms with Gasteiger partial charge in [-0.2, -0.15) is 15.0 Å². The lowest BCUT2D eigenvalue weighted by atomic mass is 10.0. The molecule has 20 nitrogen and oxygen atoms in total. The number of aromatic nitrogens is 5. The van der Waals surface area contributed by atoms with E-state index in [1.54, 1.807) is 29.2 Å². The molecule has 1 atom stereocenters. The van der Waals surface area contributed by atoms with Gasteiger partial charge in [0.05, 0.1) is 41.1 Å². The van der Waals surface area contributed by atoms with E-state index >= 15 is 0 Å². The number of benzene rings is 2. The second-order valence-corrected chi connectivity index (χ2v) is 15.7. The summed E-state index contributed by atoms with van der Waals surface area (Å²) in [6.45, 7) is 3.68. The van der Waals surface area contributed by atoms with Gasteiger partial charge in [0, 0.05) is 71.5 Å². The van der Waals surface area contributed by atoms with Crippen molar-refractivity contribution in [3.8, 4) is 5.95 Å². The van der Waals surface area contributed by atoms with Crippen LogP contribution in [0.1, 0.15) is 84.3 Å². The standard InChI is InChI=1S/C42H46F2N12O8/c43-35(44)36-47-26-8-3-4-10-28(26)55(36)42-50-40(49-41(51-42)54-21-23-64-24-22-54)53-19-17-52(18-20-53)33(60)15-14-30(57)45-16-5-1-2-11-31(58)46-27-9-6-7-25-34(27)39(63)56(38(25)62)29-12-13-32(59)48-37(29)61/h3-4,6-10,29,35H,1-2,5,11-24H2,(H,45,57)(H,46,58)(H,48,59,61). The number of amides is 7. The number of carbonyl (C=O) groups is 7. The lowest BCUT2D eigenvalue weighted by Crippen LogP contribution is -2.54. The lowest BCUT2D eigenvalue weighted by Gasteiger charge is -2.35. The largest absolute Gasteiger partial charge is 0.378 e. The highest BCUT2D eigenvalue weighted by molar-refractivity contribution is 6.26. The van der Waals surface area contributed by atoms with Gasteiger partial charge in [-0.1, -0.05) is 24.6 Å². The fourth-order valence-corrected chi connectivity index (χ4v) is 8.16. The Kier molecular flexibility index (Phi) is 13.1. The van der Waals surface area contributed by atoms with Crippen LogP contribution >= 0.6 is 0 Å². The first-order valence-electron chi connectivity index (χ1n) is 21.3. The minimum absolute atomic E-state index is 0.00386. The Balaban J connectivity index is 0.770. The van der Waals surface area contributed by atoms with Crippen molar-refractivity contribution >= 4 is 70.0 Å².